The third kappa shape index (κ3) is 5.53. The van der Waals surface area contributed by atoms with E-state index in [1.54, 1.807) is 0 Å². The van der Waals surface area contributed by atoms with Gasteiger partial charge in [-0.25, -0.2) is 0 Å². The van der Waals surface area contributed by atoms with Crippen LogP contribution in [0.5, 0.6) is 0 Å². The molecule has 0 saturated carbocycles. The maximum atomic E-state index is 12.2. The maximum Gasteiger partial charge on any atom is 0.246 e. The summed E-state index contributed by atoms with van der Waals surface area (Å²) in [5, 5.41) is 14.1. The van der Waals surface area contributed by atoms with E-state index >= 15 is 0 Å². The lowest BCUT2D eigenvalue weighted by molar-refractivity contribution is -0.132. The molecule has 0 aliphatic carbocycles. The summed E-state index contributed by atoms with van der Waals surface area (Å²) in [6.07, 6.45) is 1.68. The lowest BCUT2D eigenvalue weighted by atomic mass is 9.79. The Morgan fingerprint density at radius 2 is 2.00 bits per heavy atom. The largest absolute Gasteiger partial charge is 0.388 e. The van der Waals surface area contributed by atoms with Crippen LogP contribution in [0.3, 0.4) is 0 Å². The highest BCUT2D eigenvalue weighted by atomic mass is 16.5. The average molecular weight is 363 g/mol. The lowest BCUT2D eigenvalue weighted by Gasteiger charge is -2.49. The summed E-state index contributed by atoms with van der Waals surface area (Å²) in [5.41, 5.74) is 0.377. The number of hydrogen-bond donors (Lipinski definition) is 2. The van der Waals surface area contributed by atoms with E-state index in [1.807, 2.05) is 25.1 Å². The van der Waals surface area contributed by atoms with Crippen molar-refractivity contribution in [1.82, 2.24) is 10.2 Å². The first-order valence-corrected chi connectivity index (χ1v) is 9.44. The van der Waals surface area contributed by atoms with Crippen molar-refractivity contribution in [3.05, 3.63) is 35.9 Å². The molecule has 1 heterocycles. The Balaban J connectivity index is 2.32. The summed E-state index contributed by atoms with van der Waals surface area (Å²) in [6, 6.07) is 9.70. The molecule has 1 saturated heterocycles. The van der Waals surface area contributed by atoms with Crippen molar-refractivity contribution in [3.8, 4) is 0 Å². The molecule has 26 heavy (non-hydrogen) atoms. The van der Waals surface area contributed by atoms with Gasteiger partial charge in [-0.3, -0.25) is 9.69 Å². The zero-order valence-corrected chi connectivity index (χ0v) is 16.8. The predicted molar refractivity (Wildman–Crippen MR) is 104 cm³/mol. The van der Waals surface area contributed by atoms with Crippen LogP contribution in [0.1, 0.15) is 52.1 Å². The molecule has 5 heteroatoms. The monoisotopic (exact) mass is 362 g/mol. The minimum absolute atomic E-state index is 0.00389. The minimum atomic E-state index is -0.970. The van der Waals surface area contributed by atoms with E-state index in [4.69, 9.17) is 4.74 Å². The smallest absolute Gasteiger partial charge is 0.246 e. The number of aliphatic hydroxyl groups is 1. The number of piperidine rings is 1. The Bertz CT molecular complexity index is 581. The van der Waals surface area contributed by atoms with Crippen molar-refractivity contribution in [2.45, 2.75) is 58.2 Å². The van der Waals surface area contributed by atoms with Gasteiger partial charge in [0.25, 0.3) is 0 Å². The Kier molecular flexibility index (Phi) is 6.83. The standard InChI is InChI=1S/C21H34N2O3/c1-20(2,3)11-13-23-14-12-21(4,25)19(22-17(24)15-26-5)18(23)16-9-7-6-8-10-16/h6-10,18-19,25H,11-15H2,1-5H3,(H,22,24)/t18-,19-,21+/m0/s1. The van der Waals surface area contributed by atoms with Crippen LogP contribution in [-0.4, -0.2) is 54.4 Å². The number of hydrogen-bond acceptors (Lipinski definition) is 4. The molecule has 0 radical (unpaired) electrons. The summed E-state index contributed by atoms with van der Waals surface area (Å²) >= 11 is 0. The van der Waals surface area contributed by atoms with Gasteiger partial charge in [-0.15, -0.1) is 0 Å². The highest BCUT2D eigenvalue weighted by molar-refractivity contribution is 5.77. The molecule has 1 aliphatic rings. The third-order valence-electron chi connectivity index (χ3n) is 5.17. The van der Waals surface area contributed by atoms with Crippen LogP contribution in [0.15, 0.2) is 30.3 Å². The van der Waals surface area contributed by atoms with Crippen molar-refractivity contribution < 1.29 is 14.6 Å². The Hall–Kier alpha value is -1.43. The zero-order valence-electron chi connectivity index (χ0n) is 16.8. The van der Waals surface area contributed by atoms with Gasteiger partial charge in [0.15, 0.2) is 0 Å². The molecule has 0 unspecified atom stereocenters. The van der Waals surface area contributed by atoms with Crippen molar-refractivity contribution in [2.75, 3.05) is 26.8 Å². The summed E-state index contributed by atoms with van der Waals surface area (Å²) in [6.45, 7) is 10.3. The predicted octanol–water partition coefficient (Wildman–Crippen LogP) is 2.75. The summed E-state index contributed by atoms with van der Waals surface area (Å²) in [7, 11) is 1.50. The molecular weight excluding hydrogens is 328 g/mol. The van der Waals surface area contributed by atoms with Gasteiger partial charge in [0.2, 0.25) is 5.91 Å². The normalized spacial score (nSPS) is 27.3. The van der Waals surface area contributed by atoms with Gasteiger partial charge >= 0.3 is 0 Å². The first-order valence-electron chi connectivity index (χ1n) is 9.44. The number of nitrogens with one attached hydrogen (secondary N) is 1. The van der Waals surface area contributed by atoms with Gasteiger partial charge in [-0.2, -0.15) is 0 Å². The number of nitrogens with zero attached hydrogens (tertiary/aromatic N) is 1. The lowest BCUT2D eigenvalue weighted by Crippen LogP contribution is -2.63. The molecule has 2 N–H and O–H groups in total. The molecule has 3 atom stereocenters. The molecule has 1 aromatic rings. The highest BCUT2D eigenvalue weighted by Crippen LogP contribution is 2.37. The van der Waals surface area contributed by atoms with E-state index in [2.05, 4.69) is 43.1 Å². The van der Waals surface area contributed by atoms with E-state index < -0.39 is 5.60 Å². The second-order valence-electron chi connectivity index (χ2n) is 8.79. The topological polar surface area (TPSA) is 61.8 Å². The molecule has 1 aliphatic heterocycles. The molecule has 1 amide bonds. The van der Waals surface area contributed by atoms with Crippen LogP contribution in [0.2, 0.25) is 0 Å². The first-order chi connectivity index (χ1) is 12.1. The number of carbonyl (C=O) groups is 1. The molecule has 1 aromatic carbocycles. The van der Waals surface area contributed by atoms with Gasteiger partial charge in [-0.1, -0.05) is 51.1 Å². The van der Waals surface area contributed by atoms with Crippen molar-refractivity contribution in [2.24, 2.45) is 5.41 Å². The Morgan fingerprint density at radius 3 is 2.58 bits per heavy atom. The van der Waals surface area contributed by atoms with Gasteiger partial charge in [0, 0.05) is 13.7 Å². The number of ether oxygens (including phenoxy) is 1. The zero-order chi connectivity index (χ0) is 19.4. The summed E-state index contributed by atoms with van der Waals surface area (Å²) < 4.78 is 4.97. The molecule has 5 nitrogen and oxygen atoms in total. The molecule has 0 spiro atoms. The molecule has 146 valence electrons. The number of likely N-dealkylation sites (tertiary alicyclic amines) is 1. The quantitative estimate of drug-likeness (QED) is 0.817. The van der Waals surface area contributed by atoms with Crippen molar-refractivity contribution in [1.29, 1.82) is 0 Å². The number of benzene rings is 1. The van der Waals surface area contributed by atoms with E-state index in [9.17, 15) is 9.90 Å². The van der Waals surface area contributed by atoms with Crippen molar-refractivity contribution in [3.63, 3.8) is 0 Å². The third-order valence-corrected chi connectivity index (χ3v) is 5.17. The molecule has 0 bridgehead atoms. The van der Waals surface area contributed by atoms with Crippen LogP contribution < -0.4 is 5.32 Å². The van der Waals surface area contributed by atoms with Gasteiger partial charge in [0.05, 0.1) is 17.7 Å². The molecule has 1 fully saturated rings. The van der Waals surface area contributed by atoms with Crippen LogP contribution >= 0.6 is 0 Å². The minimum Gasteiger partial charge on any atom is -0.388 e. The fourth-order valence-corrected chi connectivity index (χ4v) is 3.58. The number of carbonyl (C=O) groups excluding carboxylic acids is 1. The summed E-state index contributed by atoms with van der Waals surface area (Å²) in [4.78, 5) is 14.6. The van der Waals surface area contributed by atoms with Gasteiger partial charge in [0.1, 0.15) is 6.61 Å². The number of rotatable bonds is 6. The van der Waals surface area contributed by atoms with Crippen LogP contribution in [0.25, 0.3) is 0 Å². The Labute approximate surface area is 157 Å². The van der Waals surface area contributed by atoms with Crippen LogP contribution in [0.4, 0.5) is 0 Å². The fraction of sp³-hybridized carbons (Fsp3) is 0.667. The number of methoxy groups -OCH3 is 1. The highest BCUT2D eigenvalue weighted by Gasteiger charge is 2.46. The van der Waals surface area contributed by atoms with Gasteiger partial charge < -0.3 is 15.2 Å². The first kappa shape index (κ1) is 20.9. The van der Waals surface area contributed by atoms with E-state index in [-0.39, 0.29) is 30.0 Å². The molecule has 2 rings (SSSR count). The van der Waals surface area contributed by atoms with Crippen LogP contribution in [-0.2, 0) is 9.53 Å². The van der Waals surface area contributed by atoms with E-state index in [0.29, 0.717) is 6.42 Å². The second kappa shape index (κ2) is 8.51. The maximum absolute atomic E-state index is 12.2. The van der Waals surface area contributed by atoms with E-state index in [1.165, 1.54) is 7.11 Å². The molecule has 0 aromatic heterocycles. The summed E-state index contributed by atoms with van der Waals surface area (Å²) in [5.74, 6) is -0.198. The number of amides is 1. The average Bonchev–Trinajstić information content (AvgIpc) is 2.55. The second-order valence-corrected chi connectivity index (χ2v) is 8.79. The molecular formula is C21H34N2O3. The van der Waals surface area contributed by atoms with E-state index in [0.717, 1.165) is 25.1 Å². The fourth-order valence-electron chi connectivity index (χ4n) is 3.58. The Morgan fingerprint density at radius 1 is 1.35 bits per heavy atom. The van der Waals surface area contributed by atoms with Gasteiger partial charge in [-0.05, 0) is 37.3 Å². The van der Waals surface area contributed by atoms with Crippen molar-refractivity contribution >= 4 is 5.91 Å². The van der Waals surface area contributed by atoms with Crippen LogP contribution in [0, 0.1) is 5.41 Å². The SMILES string of the molecule is COCC(=O)N[C@H]1[C@H](c2ccccc2)N(CCC(C)(C)C)CC[C@@]1(C)O.